The zero-order chi connectivity index (χ0) is 11.9. The Kier molecular flexibility index (Phi) is 2.63. The van der Waals surface area contributed by atoms with E-state index in [0.29, 0.717) is 12.2 Å². The van der Waals surface area contributed by atoms with E-state index in [-0.39, 0.29) is 6.42 Å². The molecule has 0 heterocycles. The van der Waals surface area contributed by atoms with Gasteiger partial charge in [-0.05, 0) is 12.0 Å². The third kappa shape index (κ3) is 1.75. The first-order chi connectivity index (χ1) is 6.61. The van der Waals surface area contributed by atoms with Gasteiger partial charge in [-0.2, -0.15) is 26.3 Å². The lowest BCUT2D eigenvalue weighted by molar-refractivity contribution is -0.350. The van der Waals surface area contributed by atoms with Crippen LogP contribution in [0.1, 0.15) is 6.42 Å². The van der Waals surface area contributed by atoms with Gasteiger partial charge in [0.15, 0.2) is 0 Å². The van der Waals surface area contributed by atoms with Crippen molar-refractivity contribution in [3.63, 3.8) is 0 Å². The van der Waals surface area contributed by atoms with E-state index in [9.17, 15) is 26.3 Å². The minimum atomic E-state index is -5.79. The van der Waals surface area contributed by atoms with Crippen molar-refractivity contribution in [2.45, 2.75) is 24.4 Å². The van der Waals surface area contributed by atoms with Crippen LogP contribution in [0.25, 0.3) is 0 Å². The fraction of sp³-hybridized carbons (Fsp3) is 0.500. The number of hydrogen-bond donors (Lipinski definition) is 1. The molecule has 7 heteroatoms. The molecule has 15 heavy (non-hydrogen) atoms. The quantitative estimate of drug-likeness (QED) is 0.689. The summed E-state index contributed by atoms with van der Waals surface area (Å²) in [5.41, 5.74) is -5.95. The van der Waals surface area contributed by atoms with Crippen LogP contribution in [0, 0.1) is 0 Å². The first-order valence-corrected chi connectivity index (χ1v) is 3.83. The minimum Gasteiger partial charge on any atom is -0.370 e. The number of allylic oxidation sites excluding steroid dienone is 2. The van der Waals surface area contributed by atoms with E-state index in [1.807, 2.05) is 0 Å². The number of rotatable bonds is 1. The Morgan fingerprint density at radius 1 is 1.00 bits per heavy atom. The zero-order valence-corrected chi connectivity index (χ0v) is 7.15. The second-order valence-corrected chi connectivity index (χ2v) is 3.00. The Bertz CT molecular complexity index is 294. The van der Waals surface area contributed by atoms with Crippen molar-refractivity contribution in [1.29, 1.82) is 0 Å². The van der Waals surface area contributed by atoms with Crippen LogP contribution in [-0.4, -0.2) is 23.1 Å². The minimum absolute atomic E-state index is 0.0518. The van der Waals surface area contributed by atoms with Gasteiger partial charge in [-0.25, -0.2) is 0 Å². The van der Waals surface area contributed by atoms with Gasteiger partial charge >= 0.3 is 12.4 Å². The van der Waals surface area contributed by atoms with E-state index in [1.165, 1.54) is 0 Å². The summed E-state index contributed by atoms with van der Waals surface area (Å²) < 4.78 is 73.2. The van der Waals surface area contributed by atoms with Crippen molar-refractivity contribution in [1.82, 2.24) is 0 Å². The molecule has 86 valence electrons. The molecule has 1 nitrogen and oxygen atoms in total. The molecule has 1 aliphatic rings. The highest BCUT2D eigenvalue weighted by molar-refractivity contribution is 5.37. The van der Waals surface area contributed by atoms with E-state index < -0.39 is 23.5 Å². The summed E-state index contributed by atoms with van der Waals surface area (Å²) in [5.74, 6) is 0. The molecule has 0 unspecified atom stereocenters. The van der Waals surface area contributed by atoms with Crippen LogP contribution in [0.4, 0.5) is 26.3 Å². The lowest BCUT2D eigenvalue weighted by Crippen LogP contribution is -2.57. The summed E-state index contributed by atoms with van der Waals surface area (Å²) >= 11 is 0. The molecule has 0 aromatic carbocycles. The first kappa shape index (κ1) is 12.1. The summed E-state index contributed by atoms with van der Waals surface area (Å²) in [6, 6.07) is 0. The van der Waals surface area contributed by atoms with Gasteiger partial charge in [0.1, 0.15) is 0 Å². The van der Waals surface area contributed by atoms with E-state index in [4.69, 9.17) is 5.11 Å². The predicted octanol–water partition coefficient (Wildman–Crippen LogP) is 2.73. The van der Waals surface area contributed by atoms with Gasteiger partial charge in [0.05, 0.1) is 0 Å². The molecule has 0 fully saturated rings. The van der Waals surface area contributed by atoms with Crippen LogP contribution >= 0.6 is 0 Å². The summed E-state index contributed by atoms with van der Waals surface area (Å²) in [4.78, 5) is 0. The van der Waals surface area contributed by atoms with Crippen LogP contribution in [0.2, 0.25) is 0 Å². The van der Waals surface area contributed by atoms with Gasteiger partial charge in [-0.1, -0.05) is 18.2 Å². The maximum atomic E-state index is 12.2. The van der Waals surface area contributed by atoms with E-state index in [1.54, 1.807) is 0 Å². The standard InChI is InChI=1S/C8H6F6O/c9-7(10,11)6(15,8(12,13)14)5-3-1-2-4-5/h1,3-4,15H,2H2. The summed E-state index contributed by atoms with van der Waals surface area (Å²) in [7, 11) is 0. The van der Waals surface area contributed by atoms with Crippen molar-refractivity contribution in [3.05, 3.63) is 23.8 Å². The molecular formula is C8H6F6O. The molecule has 1 rings (SSSR count). The highest BCUT2D eigenvalue weighted by Crippen LogP contribution is 2.48. The maximum Gasteiger partial charge on any atom is 0.430 e. The summed E-state index contributed by atoms with van der Waals surface area (Å²) in [5, 5.41) is 8.81. The molecule has 0 aliphatic heterocycles. The Balaban J connectivity index is 3.25. The number of halogens is 6. The van der Waals surface area contributed by atoms with Crippen LogP contribution in [0.15, 0.2) is 23.8 Å². The fourth-order valence-electron chi connectivity index (χ4n) is 1.21. The predicted molar refractivity (Wildman–Crippen MR) is 38.9 cm³/mol. The van der Waals surface area contributed by atoms with E-state index in [2.05, 4.69) is 0 Å². The van der Waals surface area contributed by atoms with Crippen LogP contribution < -0.4 is 0 Å². The van der Waals surface area contributed by atoms with Crippen LogP contribution in [0.5, 0.6) is 0 Å². The fourth-order valence-corrected chi connectivity index (χ4v) is 1.21. The first-order valence-electron chi connectivity index (χ1n) is 3.83. The average molecular weight is 232 g/mol. The number of hydrogen-bond acceptors (Lipinski definition) is 1. The molecule has 0 aromatic heterocycles. The van der Waals surface area contributed by atoms with E-state index in [0.717, 1.165) is 6.08 Å². The van der Waals surface area contributed by atoms with E-state index >= 15 is 0 Å². The Labute approximate surface area is 80.7 Å². The van der Waals surface area contributed by atoms with Gasteiger partial charge in [-0.3, -0.25) is 0 Å². The Morgan fingerprint density at radius 2 is 1.47 bits per heavy atom. The van der Waals surface area contributed by atoms with Gasteiger partial charge in [0.25, 0.3) is 5.60 Å². The second kappa shape index (κ2) is 3.26. The molecule has 0 amide bonds. The summed E-state index contributed by atoms with van der Waals surface area (Å²) in [6.45, 7) is 0. The zero-order valence-electron chi connectivity index (χ0n) is 7.15. The van der Waals surface area contributed by atoms with Crippen LogP contribution in [0.3, 0.4) is 0 Å². The number of aliphatic hydroxyl groups is 1. The Hall–Kier alpha value is -0.980. The average Bonchev–Trinajstić information content (AvgIpc) is 2.49. The van der Waals surface area contributed by atoms with Crippen LogP contribution in [-0.2, 0) is 0 Å². The largest absolute Gasteiger partial charge is 0.430 e. The smallest absolute Gasteiger partial charge is 0.370 e. The van der Waals surface area contributed by atoms with Crippen molar-refractivity contribution >= 4 is 0 Å². The third-order valence-electron chi connectivity index (χ3n) is 2.01. The Morgan fingerprint density at radius 3 is 1.73 bits per heavy atom. The molecule has 0 bridgehead atoms. The monoisotopic (exact) mass is 232 g/mol. The molecule has 0 spiro atoms. The molecule has 0 atom stereocenters. The highest BCUT2D eigenvalue weighted by atomic mass is 19.4. The maximum absolute atomic E-state index is 12.2. The molecule has 1 N–H and O–H groups in total. The van der Waals surface area contributed by atoms with Crippen molar-refractivity contribution < 1.29 is 31.4 Å². The third-order valence-corrected chi connectivity index (χ3v) is 2.01. The highest BCUT2D eigenvalue weighted by Gasteiger charge is 2.71. The van der Waals surface area contributed by atoms with Gasteiger partial charge < -0.3 is 5.11 Å². The number of alkyl halides is 6. The lowest BCUT2D eigenvalue weighted by Gasteiger charge is -2.32. The SMILES string of the molecule is OC(C1=CCC=C1)(C(F)(F)F)C(F)(F)F. The molecular weight excluding hydrogens is 226 g/mol. The van der Waals surface area contributed by atoms with Gasteiger partial charge in [-0.15, -0.1) is 0 Å². The molecule has 0 radical (unpaired) electrons. The topological polar surface area (TPSA) is 20.2 Å². The molecule has 0 aromatic rings. The molecule has 1 aliphatic carbocycles. The molecule has 0 saturated heterocycles. The molecule has 0 saturated carbocycles. The van der Waals surface area contributed by atoms with Gasteiger partial charge in [0, 0.05) is 0 Å². The van der Waals surface area contributed by atoms with Gasteiger partial charge in [0.2, 0.25) is 0 Å². The second-order valence-electron chi connectivity index (χ2n) is 3.00. The van der Waals surface area contributed by atoms with Crippen molar-refractivity contribution in [3.8, 4) is 0 Å². The van der Waals surface area contributed by atoms with Crippen molar-refractivity contribution in [2.24, 2.45) is 0 Å². The van der Waals surface area contributed by atoms with Crippen molar-refractivity contribution in [2.75, 3.05) is 0 Å². The normalized spacial score (nSPS) is 18.2. The summed E-state index contributed by atoms with van der Waals surface area (Å²) in [6.07, 6.45) is -9.19. The lowest BCUT2D eigenvalue weighted by atomic mass is 9.93.